The van der Waals surface area contributed by atoms with Crippen LogP contribution in [0.1, 0.15) is 31.2 Å². The fraction of sp³-hybridized carbons (Fsp3) is 0.417. The standard InChI is InChI=1S/C12H13ClN2O3/c13-9-5-8(7-14-10-3-1-2-4-10)12(16)11(6-9)15(17)18/h5-7,10,16H,1-4H2/p-1. The van der Waals surface area contributed by atoms with Crippen LogP contribution in [0, 0.1) is 10.1 Å². The number of nitro groups is 1. The van der Waals surface area contributed by atoms with Crippen molar-refractivity contribution in [2.75, 3.05) is 0 Å². The third-order valence-electron chi connectivity index (χ3n) is 3.01. The zero-order valence-electron chi connectivity index (χ0n) is 9.63. The maximum atomic E-state index is 11.8. The molecular formula is C12H12ClN2O3-. The Hall–Kier alpha value is -1.62. The average Bonchev–Trinajstić information content (AvgIpc) is 2.82. The van der Waals surface area contributed by atoms with Crippen LogP contribution in [0.2, 0.25) is 5.02 Å². The number of nitrogens with zero attached hydrogens (tertiary/aromatic N) is 2. The molecule has 18 heavy (non-hydrogen) atoms. The Balaban J connectivity index is 2.29. The van der Waals surface area contributed by atoms with E-state index in [-0.39, 0.29) is 16.6 Å². The number of rotatable bonds is 3. The summed E-state index contributed by atoms with van der Waals surface area (Å²) >= 11 is 5.76. The van der Waals surface area contributed by atoms with E-state index in [9.17, 15) is 15.2 Å². The molecule has 5 nitrogen and oxygen atoms in total. The van der Waals surface area contributed by atoms with Crippen LogP contribution in [0.15, 0.2) is 17.1 Å². The lowest BCUT2D eigenvalue weighted by Crippen LogP contribution is -2.03. The van der Waals surface area contributed by atoms with Crippen molar-refractivity contribution in [3.63, 3.8) is 0 Å². The van der Waals surface area contributed by atoms with Crippen molar-refractivity contribution in [3.05, 3.63) is 32.8 Å². The minimum atomic E-state index is -0.721. The molecule has 0 aromatic heterocycles. The summed E-state index contributed by atoms with van der Waals surface area (Å²) in [5.41, 5.74) is -0.323. The lowest BCUT2D eigenvalue weighted by molar-refractivity contribution is -0.398. The van der Waals surface area contributed by atoms with Gasteiger partial charge in [-0.2, -0.15) is 0 Å². The molecule has 0 spiro atoms. The molecule has 0 atom stereocenters. The maximum absolute atomic E-state index is 11.8. The molecule has 0 aliphatic heterocycles. The van der Waals surface area contributed by atoms with Gasteiger partial charge in [-0.1, -0.05) is 24.4 Å². The molecule has 0 N–H and O–H groups in total. The van der Waals surface area contributed by atoms with E-state index < -0.39 is 16.4 Å². The van der Waals surface area contributed by atoms with Gasteiger partial charge in [0.2, 0.25) is 0 Å². The molecule has 0 saturated heterocycles. The van der Waals surface area contributed by atoms with E-state index in [1.807, 2.05) is 0 Å². The molecule has 1 fully saturated rings. The first kappa shape index (κ1) is 12.8. The van der Waals surface area contributed by atoms with Crippen molar-refractivity contribution in [2.24, 2.45) is 4.99 Å². The monoisotopic (exact) mass is 267 g/mol. The minimum Gasteiger partial charge on any atom is -0.867 e. The van der Waals surface area contributed by atoms with Crippen molar-refractivity contribution in [3.8, 4) is 5.75 Å². The van der Waals surface area contributed by atoms with Crippen LogP contribution >= 0.6 is 11.6 Å². The predicted octanol–water partition coefficient (Wildman–Crippen LogP) is 2.68. The normalized spacial score (nSPS) is 16.5. The number of hydrogen-bond donors (Lipinski definition) is 0. The lowest BCUT2D eigenvalue weighted by Gasteiger charge is -2.11. The maximum Gasteiger partial charge on any atom is 0.263 e. The summed E-state index contributed by atoms with van der Waals surface area (Å²) in [5, 5.41) is 22.6. The Morgan fingerprint density at radius 3 is 2.67 bits per heavy atom. The largest absolute Gasteiger partial charge is 0.867 e. The lowest BCUT2D eigenvalue weighted by atomic mass is 10.2. The number of nitro benzene ring substituents is 1. The Kier molecular flexibility index (Phi) is 3.81. The minimum absolute atomic E-state index is 0.175. The topological polar surface area (TPSA) is 78.6 Å². The van der Waals surface area contributed by atoms with E-state index in [2.05, 4.69) is 4.99 Å². The van der Waals surface area contributed by atoms with Gasteiger partial charge in [0.15, 0.2) is 0 Å². The van der Waals surface area contributed by atoms with Gasteiger partial charge in [-0.05, 0) is 30.2 Å². The van der Waals surface area contributed by atoms with Gasteiger partial charge >= 0.3 is 0 Å². The quantitative estimate of drug-likeness (QED) is 0.480. The third-order valence-corrected chi connectivity index (χ3v) is 3.23. The molecule has 1 aliphatic rings. The first-order chi connectivity index (χ1) is 8.58. The van der Waals surface area contributed by atoms with Crippen LogP contribution in [0.3, 0.4) is 0 Å². The average molecular weight is 268 g/mol. The van der Waals surface area contributed by atoms with Gasteiger partial charge in [0.25, 0.3) is 5.69 Å². The first-order valence-electron chi connectivity index (χ1n) is 5.76. The number of halogens is 1. The van der Waals surface area contributed by atoms with E-state index in [0.29, 0.717) is 0 Å². The molecule has 1 saturated carbocycles. The molecule has 2 rings (SSSR count). The molecular weight excluding hydrogens is 256 g/mol. The molecule has 1 aliphatic carbocycles. The van der Waals surface area contributed by atoms with Crippen molar-refractivity contribution >= 4 is 23.5 Å². The summed E-state index contributed by atoms with van der Waals surface area (Å²) in [6, 6.07) is 2.70. The van der Waals surface area contributed by atoms with Gasteiger partial charge in [0.05, 0.1) is 4.92 Å². The van der Waals surface area contributed by atoms with Gasteiger partial charge < -0.3 is 5.11 Å². The van der Waals surface area contributed by atoms with E-state index in [1.165, 1.54) is 12.3 Å². The Labute approximate surface area is 109 Å². The van der Waals surface area contributed by atoms with E-state index in [0.717, 1.165) is 31.7 Å². The smallest absolute Gasteiger partial charge is 0.263 e. The molecule has 0 unspecified atom stereocenters. The zero-order chi connectivity index (χ0) is 13.1. The second-order valence-corrected chi connectivity index (χ2v) is 4.75. The Bertz CT molecular complexity index is 496. The molecule has 0 amide bonds. The zero-order valence-corrected chi connectivity index (χ0v) is 10.4. The predicted molar refractivity (Wildman–Crippen MR) is 67.4 cm³/mol. The van der Waals surface area contributed by atoms with Gasteiger partial charge in [-0.3, -0.25) is 15.1 Å². The van der Waals surface area contributed by atoms with Crippen LogP contribution in [0.5, 0.6) is 5.75 Å². The first-order valence-corrected chi connectivity index (χ1v) is 6.14. The van der Waals surface area contributed by atoms with Crippen molar-refractivity contribution in [1.29, 1.82) is 0 Å². The Morgan fingerprint density at radius 1 is 1.39 bits per heavy atom. The second-order valence-electron chi connectivity index (χ2n) is 4.32. The fourth-order valence-corrected chi connectivity index (χ4v) is 2.29. The number of benzene rings is 1. The van der Waals surface area contributed by atoms with Crippen molar-refractivity contribution < 1.29 is 10.0 Å². The van der Waals surface area contributed by atoms with Gasteiger partial charge in [0, 0.05) is 23.3 Å². The summed E-state index contributed by atoms with van der Waals surface area (Å²) in [7, 11) is 0. The summed E-state index contributed by atoms with van der Waals surface area (Å²) in [5.74, 6) is -0.633. The summed E-state index contributed by atoms with van der Waals surface area (Å²) in [6.07, 6.45) is 5.71. The highest BCUT2D eigenvalue weighted by Crippen LogP contribution is 2.30. The fourth-order valence-electron chi connectivity index (χ4n) is 2.07. The van der Waals surface area contributed by atoms with E-state index >= 15 is 0 Å². The van der Waals surface area contributed by atoms with E-state index in [1.54, 1.807) is 0 Å². The van der Waals surface area contributed by atoms with Gasteiger partial charge in [-0.15, -0.1) is 0 Å². The van der Waals surface area contributed by atoms with Crippen LogP contribution in [-0.4, -0.2) is 17.2 Å². The molecule has 1 aromatic rings. The van der Waals surface area contributed by atoms with Gasteiger partial charge in [-0.25, -0.2) is 0 Å². The number of aliphatic imine (C=N–C) groups is 1. The van der Waals surface area contributed by atoms with E-state index in [4.69, 9.17) is 11.6 Å². The number of hydrogen-bond acceptors (Lipinski definition) is 4. The van der Waals surface area contributed by atoms with Crippen LogP contribution in [-0.2, 0) is 0 Å². The van der Waals surface area contributed by atoms with Crippen LogP contribution in [0.4, 0.5) is 5.69 Å². The highest BCUT2D eigenvalue weighted by molar-refractivity contribution is 6.31. The molecule has 96 valence electrons. The van der Waals surface area contributed by atoms with Crippen LogP contribution in [0.25, 0.3) is 0 Å². The molecule has 0 heterocycles. The molecule has 0 bridgehead atoms. The Morgan fingerprint density at radius 2 is 2.06 bits per heavy atom. The van der Waals surface area contributed by atoms with Crippen molar-refractivity contribution in [2.45, 2.75) is 31.7 Å². The SMILES string of the molecule is O=[N+]([O-])c1cc(Cl)cc(C=NC2CCCC2)c1[O-]. The third kappa shape index (κ3) is 2.79. The summed E-state index contributed by atoms with van der Waals surface area (Å²) < 4.78 is 0. The molecule has 0 radical (unpaired) electrons. The van der Waals surface area contributed by atoms with Crippen molar-refractivity contribution in [1.82, 2.24) is 0 Å². The van der Waals surface area contributed by atoms with Crippen LogP contribution < -0.4 is 5.11 Å². The molecule has 6 heteroatoms. The second kappa shape index (κ2) is 5.35. The van der Waals surface area contributed by atoms with Gasteiger partial charge in [0.1, 0.15) is 0 Å². The highest BCUT2D eigenvalue weighted by atomic mass is 35.5. The highest BCUT2D eigenvalue weighted by Gasteiger charge is 2.14. The summed E-state index contributed by atoms with van der Waals surface area (Å²) in [4.78, 5) is 14.3. The summed E-state index contributed by atoms with van der Waals surface area (Å²) in [6.45, 7) is 0. The molecule has 1 aromatic carbocycles.